The van der Waals surface area contributed by atoms with Gasteiger partial charge >= 0.3 is 0 Å². The van der Waals surface area contributed by atoms with Gasteiger partial charge < -0.3 is 15.5 Å². The molecule has 2 rings (SSSR count). The normalized spacial score (nSPS) is 10.2. The van der Waals surface area contributed by atoms with E-state index in [1.807, 2.05) is 25.1 Å². The molecule has 0 atom stereocenters. The van der Waals surface area contributed by atoms with E-state index in [4.69, 9.17) is 10.2 Å². The van der Waals surface area contributed by atoms with Crippen LogP contribution in [0.25, 0.3) is 0 Å². The van der Waals surface area contributed by atoms with E-state index in [0.29, 0.717) is 12.2 Å². The fraction of sp³-hybridized carbons (Fsp3) is 0.182. The number of hydrogen-bond donors (Lipinski definition) is 2. The van der Waals surface area contributed by atoms with Gasteiger partial charge in [0.05, 0.1) is 24.1 Å². The first-order valence-electron chi connectivity index (χ1n) is 4.74. The average molecular weight is 203 g/mol. The van der Waals surface area contributed by atoms with Gasteiger partial charge in [0.25, 0.3) is 0 Å². The smallest absolute Gasteiger partial charge is 0.123 e. The van der Waals surface area contributed by atoms with Gasteiger partial charge in [-0.25, -0.2) is 0 Å². The lowest BCUT2D eigenvalue weighted by Crippen LogP contribution is -2.01. The van der Waals surface area contributed by atoms with E-state index in [-0.39, 0.29) is 0 Å². The zero-order chi connectivity index (χ0) is 10.7. The molecular formula is C11H13N3O. The Morgan fingerprint density at radius 2 is 2.27 bits per heavy atom. The lowest BCUT2D eigenvalue weighted by Gasteiger charge is -2.06. The molecule has 0 unspecified atom stereocenters. The predicted molar refractivity (Wildman–Crippen MR) is 59.4 cm³/mol. The van der Waals surface area contributed by atoms with Crippen LogP contribution in [0.5, 0.6) is 0 Å². The van der Waals surface area contributed by atoms with E-state index >= 15 is 0 Å². The first kappa shape index (κ1) is 9.58. The standard InChI is InChI=1S/C11H13N3O/c1-8-2-3-9(15-8)6-14-11-4-5-13-7-10(11)12/h2-5,7H,6,12H2,1H3,(H,13,14). The van der Waals surface area contributed by atoms with Gasteiger partial charge in [0.1, 0.15) is 11.5 Å². The Morgan fingerprint density at radius 3 is 2.93 bits per heavy atom. The van der Waals surface area contributed by atoms with Crippen LogP contribution in [-0.4, -0.2) is 4.98 Å². The van der Waals surface area contributed by atoms with E-state index < -0.39 is 0 Å². The van der Waals surface area contributed by atoms with Crippen molar-refractivity contribution < 1.29 is 4.42 Å². The second-order valence-corrected chi connectivity index (χ2v) is 3.33. The van der Waals surface area contributed by atoms with Crippen LogP contribution in [0.2, 0.25) is 0 Å². The van der Waals surface area contributed by atoms with E-state index in [2.05, 4.69) is 10.3 Å². The molecule has 0 bridgehead atoms. The van der Waals surface area contributed by atoms with Crippen LogP contribution < -0.4 is 11.1 Å². The molecule has 2 aromatic rings. The van der Waals surface area contributed by atoms with Crippen molar-refractivity contribution in [3.8, 4) is 0 Å². The summed E-state index contributed by atoms with van der Waals surface area (Å²) in [5, 5.41) is 3.18. The Kier molecular flexibility index (Phi) is 2.58. The molecule has 0 spiro atoms. The molecule has 0 amide bonds. The highest BCUT2D eigenvalue weighted by molar-refractivity contribution is 5.64. The number of hydrogen-bond acceptors (Lipinski definition) is 4. The fourth-order valence-corrected chi connectivity index (χ4v) is 1.33. The van der Waals surface area contributed by atoms with E-state index in [1.165, 1.54) is 0 Å². The summed E-state index contributed by atoms with van der Waals surface area (Å²) >= 11 is 0. The van der Waals surface area contributed by atoms with Crippen LogP contribution in [0.1, 0.15) is 11.5 Å². The summed E-state index contributed by atoms with van der Waals surface area (Å²) in [5.74, 6) is 1.80. The molecule has 0 aliphatic heterocycles. The zero-order valence-electron chi connectivity index (χ0n) is 8.53. The summed E-state index contributed by atoms with van der Waals surface area (Å²) in [6, 6.07) is 5.72. The van der Waals surface area contributed by atoms with E-state index in [0.717, 1.165) is 17.2 Å². The van der Waals surface area contributed by atoms with Gasteiger partial charge in [-0.2, -0.15) is 0 Å². The number of nitrogens with zero attached hydrogens (tertiary/aromatic N) is 1. The largest absolute Gasteiger partial charge is 0.465 e. The van der Waals surface area contributed by atoms with Gasteiger partial charge in [-0.3, -0.25) is 4.98 Å². The molecular weight excluding hydrogens is 190 g/mol. The monoisotopic (exact) mass is 203 g/mol. The third-order valence-corrected chi connectivity index (χ3v) is 2.10. The molecule has 15 heavy (non-hydrogen) atoms. The Labute approximate surface area is 88.1 Å². The number of aryl methyl sites for hydroxylation is 1. The molecule has 78 valence electrons. The van der Waals surface area contributed by atoms with Crippen molar-refractivity contribution in [3.05, 3.63) is 42.1 Å². The quantitative estimate of drug-likeness (QED) is 0.802. The molecule has 0 saturated heterocycles. The van der Waals surface area contributed by atoms with E-state index in [9.17, 15) is 0 Å². The highest BCUT2D eigenvalue weighted by Crippen LogP contribution is 2.16. The first-order valence-corrected chi connectivity index (χ1v) is 4.74. The van der Waals surface area contributed by atoms with Crippen LogP contribution in [0.4, 0.5) is 11.4 Å². The van der Waals surface area contributed by atoms with E-state index in [1.54, 1.807) is 12.4 Å². The van der Waals surface area contributed by atoms with Gasteiger partial charge in [-0.1, -0.05) is 0 Å². The summed E-state index contributed by atoms with van der Waals surface area (Å²) < 4.78 is 5.43. The third-order valence-electron chi connectivity index (χ3n) is 2.10. The zero-order valence-corrected chi connectivity index (χ0v) is 8.53. The molecule has 4 heteroatoms. The number of nitrogens with one attached hydrogen (secondary N) is 1. The Balaban J connectivity index is 2.02. The van der Waals surface area contributed by atoms with Gasteiger partial charge in [-0.15, -0.1) is 0 Å². The van der Waals surface area contributed by atoms with Crippen molar-refractivity contribution in [3.63, 3.8) is 0 Å². The second-order valence-electron chi connectivity index (χ2n) is 3.33. The minimum atomic E-state index is 0.627. The SMILES string of the molecule is Cc1ccc(CNc2ccncc2N)o1. The van der Waals surface area contributed by atoms with Crippen molar-refractivity contribution in [2.45, 2.75) is 13.5 Å². The maximum atomic E-state index is 5.73. The van der Waals surface area contributed by atoms with Crippen LogP contribution in [0.15, 0.2) is 35.0 Å². The third kappa shape index (κ3) is 2.28. The predicted octanol–water partition coefficient (Wildman–Crippen LogP) is 2.18. The van der Waals surface area contributed by atoms with Crippen molar-refractivity contribution in [2.24, 2.45) is 0 Å². The maximum Gasteiger partial charge on any atom is 0.123 e. The minimum absolute atomic E-state index is 0.627. The number of anilines is 2. The molecule has 0 aliphatic rings. The van der Waals surface area contributed by atoms with Gasteiger partial charge in [0, 0.05) is 6.20 Å². The average Bonchev–Trinajstić information content (AvgIpc) is 2.63. The minimum Gasteiger partial charge on any atom is -0.465 e. The molecule has 0 aromatic carbocycles. The molecule has 3 N–H and O–H groups in total. The highest BCUT2D eigenvalue weighted by atomic mass is 16.3. The second kappa shape index (κ2) is 4.04. The number of furan rings is 1. The van der Waals surface area contributed by atoms with Crippen LogP contribution >= 0.6 is 0 Å². The van der Waals surface area contributed by atoms with Crippen LogP contribution in [-0.2, 0) is 6.54 Å². The molecule has 4 nitrogen and oxygen atoms in total. The van der Waals surface area contributed by atoms with Gasteiger partial charge in [-0.05, 0) is 25.1 Å². The summed E-state index contributed by atoms with van der Waals surface area (Å²) in [7, 11) is 0. The lowest BCUT2D eigenvalue weighted by molar-refractivity contribution is 0.490. The summed E-state index contributed by atoms with van der Waals surface area (Å²) in [6.45, 7) is 2.55. The van der Waals surface area contributed by atoms with Gasteiger partial charge in [0.15, 0.2) is 0 Å². The Hall–Kier alpha value is -1.97. The number of rotatable bonds is 3. The number of pyridine rings is 1. The summed E-state index contributed by atoms with van der Waals surface area (Å²) in [4.78, 5) is 3.92. The molecule has 2 aromatic heterocycles. The highest BCUT2D eigenvalue weighted by Gasteiger charge is 2.00. The fourth-order valence-electron chi connectivity index (χ4n) is 1.33. The summed E-state index contributed by atoms with van der Waals surface area (Å²) in [6.07, 6.45) is 3.32. The number of aromatic nitrogens is 1. The maximum absolute atomic E-state index is 5.73. The first-order chi connectivity index (χ1) is 7.25. The molecule has 0 saturated carbocycles. The topological polar surface area (TPSA) is 64.1 Å². The summed E-state index contributed by atoms with van der Waals surface area (Å²) in [5.41, 5.74) is 7.25. The molecule has 2 heterocycles. The number of nitrogen functional groups attached to an aromatic ring is 1. The van der Waals surface area contributed by atoms with Crippen molar-refractivity contribution >= 4 is 11.4 Å². The van der Waals surface area contributed by atoms with Crippen molar-refractivity contribution in [1.82, 2.24) is 4.98 Å². The lowest BCUT2D eigenvalue weighted by atomic mass is 10.3. The Bertz CT molecular complexity index is 451. The van der Waals surface area contributed by atoms with Gasteiger partial charge in [0.2, 0.25) is 0 Å². The number of nitrogens with two attached hydrogens (primary N) is 1. The van der Waals surface area contributed by atoms with Crippen LogP contribution in [0, 0.1) is 6.92 Å². The van der Waals surface area contributed by atoms with Crippen molar-refractivity contribution in [2.75, 3.05) is 11.1 Å². The molecule has 0 aliphatic carbocycles. The Morgan fingerprint density at radius 1 is 1.40 bits per heavy atom. The van der Waals surface area contributed by atoms with Crippen molar-refractivity contribution in [1.29, 1.82) is 0 Å². The molecule has 0 radical (unpaired) electrons. The molecule has 0 fully saturated rings. The van der Waals surface area contributed by atoms with Crippen LogP contribution in [0.3, 0.4) is 0 Å².